The minimum absolute atomic E-state index is 0.0167. The predicted octanol–water partition coefficient (Wildman–Crippen LogP) is 9.32. The van der Waals surface area contributed by atoms with Crippen molar-refractivity contribution in [2.75, 3.05) is 11.5 Å². The van der Waals surface area contributed by atoms with Crippen LogP contribution < -0.4 is 20.9 Å². The second kappa shape index (κ2) is 9.04. The van der Waals surface area contributed by atoms with Gasteiger partial charge >= 0.3 is 0 Å². The van der Waals surface area contributed by atoms with Crippen molar-refractivity contribution in [2.45, 2.75) is 84.5 Å². The van der Waals surface area contributed by atoms with Crippen LogP contribution in [0.1, 0.15) is 85.0 Å². The molecule has 0 fully saturated rings. The molecule has 4 aromatic rings. The Morgan fingerprint density at radius 3 is 1.46 bits per heavy atom. The van der Waals surface area contributed by atoms with Crippen molar-refractivity contribution in [1.29, 1.82) is 0 Å². The average Bonchev–Trinajstić information content (AvgIpc) is 3.22. The molecular weight excluding hydrogens is 504 g/mol. The summed E-state index contributed by atoms with van der Waals surface area (Å²) in [7, 11) is 0. The van der Waals surface area contributed by atoms with E-state index in [1.54, 1.807) is 0 Å². The van der Waals surface area contributed by atoms with Gasteiger partial charge in [0, 0.05) is 22.9 Å². The van der Waals surface area contributed by atoms with Crippen LogP contribution in [0, 0.1) is 27.7 Å². The monoisotopic (exact) mass is 546 g/mol. The molecule has 212 valence electrons. The molecule has 4 N–H and O–H groups in total. The molecule has 0 radical (unpaired) electrons. The Bertz CT molecular complexity index is 1710. The van der Waals surface area contributed by atoms with Gasteiger partial charge in [-0.3, -0.25) is 0 Å². The summed E-state index contributed by atoms with van der Waals surface area (Å²) in [5.74, 6) is 3.43. The highest BCUT2D eigenvalue weighted by atomic mass is 16.5. The molecule has 0 heterocycles. The zero-order chi connectivity index (χ0) is 29.5. The van der Waals surface area contributed by atoms with Gasteiger partial charge in [-0.25, -0.2) is 0 Å². The maximum absolute atomic E-state index is 6.59. The number of aryl methyl sites for hydroxylation is 4. The van der Waals surface area contributed by atoms with Gasteiger partial charge in [0.05, 0.1) is 0 Å². The van der Waals surface area contributed by atoms with E-state index in [1.165, 1.54) is 22.3 Å². The number of nitrogens with two attached hydrogens (primary N) is 2. The lowest BCUT2D eigenvalue weighted by Gasteiger charge is -2.31. The second-order valence-corrected chi connectivity index (χ2v) is 13.8. The van der Waals surface area contributed by atoms with Crippen LogP contribution >= 0.6 is 0 Å². The molecular formula is C37H42N2O2. The van der Waals surface area contributed by atoms with Crippen LogP contribution in [0.2, 0.25) is 0 Å². The van der Waals surface area contributed by atoms with E-state index in [4.69, 9.17) is 20.9 Å². The van der Waals surface area contributed by atoms with Gasteiger partial charge in [-0.2, -0.15) is 0 Å². The Hall–Kier alpha value is -3.92. The van der Waals surface area contributed by atoms with Crippen molar-refractivity contribution in [3.05, 3.63) is 105 Å². The molecule has 0 aliphatic heterocycles. The smallest absolute Gasteiger partial charge is 0.132 e. The molecule has 2 aliphatic carbocycles. The van der Waals surface area contributed by atoms with E-state index in [0.717, 1.165) is 63.8 Å². The molecule has 0 aromatic heterocycles. The maximum Gasteiger partial charge on any atom is 0.132 e. The molecule has 0 bridgehead atoms. The van der Waals surface area contributed by atoms with Crippen molar-refractivity contribution in [3.63, 3.8) is 0 Å². The summed E-state index contributed by atoms with van der Waals surface area (Å²) in [6, 6.07) is 21.0. The second-order valence-electron chi connectivity index (χ2n) is 13.8. The van der Waals surface area contributed by atoms with E-state index < -0.39 is 0 Å². The highest BCUT2D eigenvalue weighted by Gasteiger charge is 2.56. The lowest BCUT2D eigenvalue weighted by atomic mass is 9.72. The largest absolute Gasteiger partial charge is 0.457 e. The molecule has 0 saturated carbocycles. The molecule has 4 heteroatoms. The zero-order valence-corrected chi connectivity index (χ0v) is 25.7. The van der Waals surface area contributed by atoms with Gasteiger partial charge in [-0.1, -0.05) is 45.9 Å². The van der Waals surface area contributed by atoms with Crippen LogP contribution in [0.25, 0.3) is 0 Å². The Kier molecular flexibility index (Phi) is 6.01. The van der Waals surface area contributed by atoms with E-state index in [1.807, 2.05) is 43.3 Å². The SMILES string of the molecule is Cc1cc(N)ccc1Oc1cc2c(cc1C)C(C)(C)CC21CC(C)(C)c2cc(C)c(Oc3cc(N)ccc3C)cc21. The van der Waals surface area contributed by atoms with Crippen molar-refractivity contribution >= 4 is 11.4 Å². The third-order valence-corrected chi connectivity index (χ3v) is 9.46. The zero-order valence-electron chi connectivity index (χ0n) is 25.7. The lowest BCUT2D eigenvalue weighted by Crippen LogP contribution is -2.27. The Balaban J connectivity index is 1.52. The van der Waals surface area contributed by atoms with E-state index >= 15 is 0 Å². The quantitative estimate of drug-likeness (QED) is 0.250. The normalized spacial score (nSPS) is 19.7. The van der Waals surface area contributed by atoms with Crippen molar-refractivity contribution in [1.82, 2.24) is 0 Å². The molecule has 41 heavy (non-hydrogen) atoms. The minimum atomic E-state index is -0.143. The average molecular weight is 547 g/mol. The van der Waals surface area contributed by atoms with E-state index in [2.05, 4.69) is 72.7 Å². The minimum Gasteiger partial charge on any atom is -0.457 e. The first kappa shape index (κ1) is 27.3. The maximum atomic E-state index is 6.59. The third-order valence-electron chi connectivity index (χ3n) is 9.46. The number of hydrogen-bond donors (Lipinski definition) is 2. The van der Waals surface area contributed by atoms with Crippen LogP contribution in [0.15, 0.2) is 60.7 Å². The van der Waals surface area contributed by atoms with Crippen molar-refractivity contribution in [3.8, 4) is 23.0 Å². The van der Waals surface area contributed by atoms with Gasteiger partial charge in [-0.15, -0.1) is 0 Å². The molecule has 4 aromatic carbocycles. The molecule has 0 saturated heterocycles. The molecule has 1 spiro atoms. The highest BCUT2D eigenvalue weighted by Crippen LogP contribution is 2.64. The predicted molar refractivity (Wildman–Crippen MR) is 170 cm³/mol. The summed E-state index contributed by atoms with van der Waals surface area (Å²) >= 11 is 0. The van der Waals surface area contributed by atoms with Crippen molar-refractivity contribution < 1.29 is 9.47 Å². The molecule has 4 nitrogen and oxygen atoms in total. The number of rotatable bonds is 4. The molecule has 1 unspecified atom stereocenters. The fourth-order valence-electron chi connectivity index (χ4n) is 7.55. The summed E-state index contributed by atoms with van der Waals surface area (Å²) < 4.78 is 13.2. The molecule has 1 atom stereocenters. The first-order valence-electron chi connectivity index (χ1n) is 14.6. The number of benzene rings is 4. The fourth-order valence-corrected chi connectivity index (χ4v) is 7.55. The fraction of sp³-hybridized carbons (Fsp3) is 0.351. The van der Waals surface area contributed by atoms with E-state index in [9.17, 15) is 0 Å². The van der Waals surface area contributed by atoms with Gasteiger partial charge in [0.1, 0.15) is 23.0 Å². The van der Waals surface area contributed by atoms with Crippen LogP contribution in [0.4, 0.5) is 11.4 Å². The Morgan fingerprint density at radius 2 is 0.927 bits per heavy atom. The summed E-state index contributed by atoms with van der Waals surface area (Å²) in [6.07, 6.45) is 2.07. The highest BCUT2D eigenvalue weighted by molar-refractivity contribution is 5.65. The molecule has 6 rings (SSSR count). The summed E-state index contributed by atoms with van der Waals surface area (Å²) in [5, 5.41) is 0. The van der Waals surface area contributed by atoms with E-state index in [-0.39, 0.29) is 16.2 Å². The van der Waals surface area contributed by atoms with Crippen LogP contribution in [0.3, 0.4) is 0 Å². The van der Waals surface area contributed by atoms with Gasteiger partial charge < -0.3 is 20.9 Å². The van der Waals surface area contributed by atoms with Crippen molar-refractivity contribution in [2.24, 2.45) is 0 Å². The lowest BCUT2D eigenvalue weighted by molar-refractivity contribution is 0.349. The van der Waals surface area contributed by atoms with Gasteiger partial charge in [-0.05, 0) is 132 Å². The van der Waals surface area contributed by atoms with E-state index in [0.29, 0.717) is 5.69 Å². The summed E-state index contributed by atoms with van der Waals surface area (Å²) in [4.78, 5) is 0. The summed E-state index contributed by atoms with van der Waals surface area (Å²) in [6.45, 7) is 17.9. The summed E-state index contributed by atoms with van der Waals surface area (Å²) in [5.41, 5.74) is 23.4. The van der Waals surface area contributed by atoms with Crippen LogP contribution in [-0.4, -0.2) is 0 Å². The third kappa shape index (κ3) is 4.36. The Labute approximate surface area is 244 Å². The first-order valence-corrected chi connectivity index (χ1v) is 14.6. The number of ether oxygens (including phenoxy) is 2. The molecule has 0 amide bonds. The van der Waals surface area contributed by atoms with Crippen LogP contribution in [0.5, 0.6) is 23.0 Å². The molecule has 2 aliphatic rings. The topological polar surface area (TPSA) is 70.5 Å². The standard InChI is InChI=1S/C37H42N2O2/c1-21-9-10-26(39)16-32(21)41-34-18-30-28(15-24(34)4)36(7,8)20-37(30)19-35(5,6)27-14-23(3)33(17-29(27)37)40-31-12-11-25(38)13-22(31)2/h9-18H,19-20,38-39H2,1-8H3. The number of fused-ring (bicyclic) bond motifs is 4. The Morgan fingerprint density at radius 1 is 0.488 bits per heavy atom. The first-order chi connectivity index (χ1) is 19.2. The number of anilines is 2. The van der Waals surface area contributed by atoms with Crippen LogP contribution in [-0.2, 0) is 16.2 Å². The van der Waals surface area contributed by atoms with Gasteiger partial charge in [0.2, 0.25) is 0 Å². The van der Waals surface area contributed by atoms with Gasteiger partial charge in [0.15, 0.2) is 0 Å². The van der Waals surface area contributed by atoms with Gasteiger partial charge in [0.25, 0.3) is 0 Å². The number of nitrogen functional groups attached to an aromatic ring is 2. The number of hydrogen-bond acceptors (Lipinski definition) is 4.